The second-order valence-electron chi connectivity index (χ2n) is 7.60. The van der Waals surface area contributed by atoms with Crippen LogP contribution >= 0.6 is 0 Å². The van der Waals surface area contributed by atoms with E-state index in [1.807, 2.05) is 61.5 Å². The molecule has 0 saturated heterocycles. The van der Waals surface area contributed by atoms with Crippen LogP contribution in [0.5, 0.6) is 5.75 Å². The van der Waals surface area contributed by atoms with Gasteiger partial charge in [-0.05, 0) is 25.0 Å². The zero-order valence-corrected chi connectivity index (χ0v) is 19.0. The Labute approximate surface area is 192 Å². The molecule has 174 valence electrons. The number of anilines is 2. The van der Waals surface area contributed by atoms with Crippen LogP contribution in [0.15, 0.2) is 64.2 Å². The molecule has 0 saturated carbocycles. The van der Waals surface area contributed by atoms with Gasteiger partial charge in [0.15, 0.2) is 5.69 Å². The molecule has 0 spiro atoms. The summed E-state index contributed by atoms with van der Waals surface area (Å²) in [7, 11) is 0. The number of unbranched alkanes of at least 4 members (excludes halogenated alkanes) is 1. The molecule has 1 amide bonds. The van der Waals surface area contributed by atoms with Crippen molar-refractivity contribution < 1.29 is 9.53 Å². The van der Waals surface area contributed by atoms with E-state index in [1.165, 1.54) is 9.47 Å². The fourth-order valence-electron chi connectivity index (χ4n) is 3.67. The predicted molar refractivity (Wildman–Crippen MR) is 131 cm³/mol. The summed E-state index contributed by atoms with van der Waals surface area (Å²) in [5.41, 5.74) is 6.87. The van der Waals surface area contributed by atoms with Crippen LogP contribution in [0.25, 0.3) is 11.1 Å². The molecule has 33 heavy (non-hydrogen) atoms. The minimum atomic E-state index is -0.671. The first kappa shape index (κ1) is 23.8. The molecule has 0 fully saturated rings. The lowest BCUT2D eigenvalue weighted by Crippen LogP contribution is -2.41. The van der Waals surface area contributed by atoms with Gasteiger partial charge >= 0.3 is 5.69 Å². The highest BCUT2D eigenvalue weighted by Gasteiger charge is 2.23. The molecule has 0 aliphatic carbocycles. The van der Waals surface area contributed by atoms with Crippen LogP contribution in [0.1, 0.15) is 33.1 Å². The number of hydrogen-bond donors (Lipinski definition) is 2. The number of rotatable bonds is 10. The molecule has 3 aromatic rings. The molecule has 0 aliphatic rings. The summed E-state index contributed by atoms with van der Waals surface area (Å²) in [6.45, 7) is 4.48. The van der Waals surface area contributed by atoms with Crippen molar-refractivity contribution in [3.05, 3.63) is 75.4 Å². The van der Waals surface area contributed by atoms with Crippen molar-refractivity contribution in [2.45, 2.75) is 39.7 Å². The smallest absolute Gasteiger partial charge is 0.330 e. The Bertz CT molecular complexity index is 1200. The van der Waals surface area contributed by atoms with E-state index in [0.29, 0.717) is 12.3 Å². The van der Waals surface area contributed by atoms with Gasteiger partial charge in [-0.2, -0.15) is 0 Å². The summed E-state index contributed by atoms with van der Waals surface area (Å²) in [6, 6.07) is 17.5. The summed E-state index contributed by atoms with van der Waals surface area (Å²) >= 11 is 0. The second-order valence-corrected chi connectivity index (χ2v) is 7.60. The molecule has 2 aromatic carbocycles. The summed E-state index contributed by atoms with van der Waals surface area (Å²) in [5.74, 6) is 0.361. The number of carbonyl (C=O) groups is 1. The Morgan fingerprint density at radius 3 is 2.45 bits per heavy atom. The number of nitrogen functional groups attached to an aromatic ring is 1. The van der Waals surface area contributed by atoms with E-state index < -0.39 is 11.2 Å². The number of nitrogens with two attached hydrogens (primary N) is 1. The van der Waals surface area contributed by atoms with Crippen LogP contribution in [0.3, 0.4) is 0 Å². The molecule has 0 radical (unpaired) electrons. The maximum absolute atomic E-state index is 13.0. The number of nitrogens with one attached hydrogen (secondary N) is 1. The third-order valence-corrected chi connectivity index (χ3v) is 5.38. The van der Waals surface area contributed by atoms with Crippen molar-refractivity contribution in [3.63, 3.8) is 0 Å². The quantitative estimate of drug-likeness (QED) is 0.492. The summed E-state index contributed by atoms with van der Waals surface area (Å²) in [5, 5.41) is 0. The SMILES string of the molecule is CCCCn1c(N)c(N(CC)C(=O)CCOc2ccccc2-c2ccccc2)c(=O)[nH]c1=O. The normalized spacial score (nSPS) is 10.7. The molecule has 1 heterocycles. The molecule has 8 heteroatoms. The average Bonchev–Trinajstić information content (AvgIpc) is 2.82. The number of para-hydroxylation sites is 1. The summed E-state index contributed by atoms with van der Waals surface area (Å²) in [6.07, 6.45) is 1.63. The Kier molecular flexibility index (Phi) is 8.07. The Morgan fingerprint density at radius 1 is 1.06 bits per heavy atom. The first-order valence-corrected chi connectivity index (χ1v) is 11.2. The van der Waals surface area contributed by atoms with Crippen LogP contribution < -0.4 is 26.6 Å². The largest absolute Gasteiger partial charge is 0.492 e. The zero-order valence-electron chi connectivity index (χ0n) is 19.0. The van der Waals surface area contributed by atoms with Gasteiger partial charge in [-0.25, -0.2) is 4.79 Å². The van der Waals surface area contributed by atoms with Gasteiger partial charge in [0, 0.05) is 18.7 Å². The van der Waals surface area contributed by atoms with Gasteiger partial charge in [-0.1, -0.05) is 61.9 Å². The Balaban J connectivity index is 1.76. The van der Waals surface area contributed by atoms with Gasteiger partial charge in [0.1, 0.15) is 11.6 Å². The van der Waals surface area contributed by atoms with Gasteiger partial charge < -0.3 is 15.4 Å². The standard InChI is InChI=1S/C25H30N4O4/c1-3-5-16-29-23(26)22(24(31)27-25(29)32)28(4-2)21(30)15-17-33-20-14-10-9-13-19(20)18-11-7-6-8-12-18/h6-14H,3-5,15-17,26H2,1-2H3,(H,27,31,32). The number of H-pyrrole nitrogens is 1. The van der Waals surface area contributed by atoms with Crippen LogP contribution in [0, 0.1) is 0 Å². The third kappa shape index (κ3) is 5.52. The highest BCUT2D eigenvalue weighted by atomic mass is 16.5. The van der Waals surface area contributed by atoms with Gasteiger partial charge in [0.05, 0.1) is 13.0 Å². The molecule has 3 N–H and O–H groups in total. The number of hydrogen-bond acceptors (Lipinski definition) is 5. The molecule has 0 atom stereocenters. The molecule has 3 rings (SSSR count). The van der Waals surface area contributed by atoms with Gasteiger partial charge in [-0.3, -0.25) is 19.1 Å². The monoisotopic (exact) mass is 450 g/mol. The number of nitrogens with zero attached hydrogens (tertiary/aromatic N) is 2. The average molecular weight is 451 g/mol. The second kappa shape index (κ2) is 11.2. The molecular weight excluding hydrogens is 420 g/mol. The Hall–Kier alpha value is -3.81. The zero-order chi connectivity index (χ0) is 23.8. The van der Waals surface area contributed by atoms with Crippen molar-refractivity contribution >= 4 is 17.4 Å². The van der Waals surface area contributed by atoms with Crippen LogP contribution in [0.4, 0.5) is 11.5 Å². The van der Waals surface area contributed by atoms with Gasteiger partial charge in [0.2, 0.25) is 5.91 Å². The van der Waals surface area contributed by atoms with Crippen molar-refractivity contribution in [2.75, 3.05) is 23.8 Å². The minimum absolute atomic E-state index is 0.00254. The fraction of sp³-hybridized carbons (Fsp3) is 0.320. The molecule has 0 unspecified atom stereocenters. The van der Waals surface area contributed by atoms with Gasteiger partial charge in [-0.15, -0.1) is 0 Å². The van der Waals surface area contributed by atoms with E-state index in [2.05, 4.69) is 4.98 Å². The summed E-state index contributed by atoms with van der Waals surface area (Å²) < 4.78 is 7.24. The van der Waals surface area contributed by atoms with E-state index in [1.54, 1.807) is 6.92 Å². The van der Waals surface area contributed by atoms with E-state index in [-0.39, 0.29) is 37.0 Å². The summed E-state index contributed by atoms with van der Waals surface area (Å²) in [4.78, 5) is 41.3. The van der Waals surface area contributed by atoms with E-state index in [9.17, 15) is 14.4 Å². The number of benzene rings is 2. The fourth-order valence-corrected chi connectivity index (χ4v) is 3.67. The van der Waals surface area contributed by atoms with Crippen LogP contribution in [-0.4, -0.2) is 28.6 Å². The van der Waals surface area contributed by atoms with E-state index in [0.717, 1.165) is 24.0 Å². The van der Waals surface area contributed by atoms with Gasteiger partial charge in [0.25, 0.3) is 5.56 Å². The number of ether oxygens (including phenoxy) is 1. The first-order valence-electron chi connectivity index (χ1n) is 11.2. The lowest BCUT2D eigenvalue weighted by atomic mass is 10.1. The highest BCUT2D eigenvalue weighted by Crippen LogP contribution is 2.29. The Morgan fingerprint density at radius 2 is 1.76 bits per heavy atom. The first-order chi connectivity index (χ1) is 16.0. The maximum atomic E-state index is 13.0. The van der Waals surface area contributed by atoms with Crippen LogP contribution in [0.2, 0.25) is 0 Å². The maximum Gasteiger partial charge on any atom is 0.330 e. The highest BCUT2D eigenvalue weighted by molar-refractivity contribution is 5.95. The van der Waals surface area contributed by atoms with Crippen molar-refractivity contribution in [2.24, 2.45) is 0 Å². The lowest BCUT2D eigenvalue weighted by Gasteiger charge is -2.23. The number of aromatic nitrogens is 2. The van der Waals surface area contributed by atoms with Crippen molar-refractivity contribution in [1.29, 1.82) is 0 Å². The minimum Gasteiger partial charge on any atom is -0.492 e. The van der Waals surface area contributed by atoms with E-state index in [4.69, 9.17) is 10.5 Å². The topological polar surface area (TPSA) is 110 Å². The molecule has 0 aliphatic heterocycles. The van der Waals surface area contributed by atoms with Crippen LogP contribution in [-0.2, 0) is 11.3 Å². The third-order valence-electron chi connectivity index (χ3n) is 5.38. The molecular formula is C25H30N4O4. The van der Waals surface area contributed by atoms with Crippen molar-refractivity contribution in [1.82, 2.24) is 9.55 Å². The van der Waals surface area contributed by atoms with Crippen molar-refractivity contribution in [3.8, 4) is 16.9 Å². The number of aromatic amines is 1. The molecule has 1 aromatic heterocycles. The number of amides is 1. The lowest BCUT2D eigenvalue weighted by molar-refractivity contribution is -0.119. The molecule has 8 nitrogen and oxygen atoms in total. The van der Waals surface area contributed by atoms with E-state index >= 15 is 0 Å². The molecule has 0 bridgehead atoms. The predicted octanol–water partition coefficient (Wildman–Crippen LogP) is 3.41. The number of carbonyl (C=O) groups excluding carboxylic acids is 1.